The number of hydrogen-bond acceptors (Lipinski definition) is 7. The van der Waals surface area contributed by atoms with Gasteiger partial charge >= 0.3 is 0 Å². The number of carbonyl (C=O) groups is 2. The number of methoxy groups -OCH3 is 2. The number of benzene rings is 2. The van der Waals surface area contributed by atoms with Crippen LogP contribution >= 0.6 is 11.3 Å². The molecule has 9 heteroatoms. The number of hydrogen-bond donors (Lipinski definition) is 2. The number of ether oxygens (including phenoxy) is 2. The highest BCUT2D eigenvalue weighted by molar-refractivity contribution is 7.18. The molecule has 2 amide bonds. The van der Waals surface area contributed by atoms with Crippen molar-refractivity contribution in [3.05, 3.63) is 54.1 Å². The standard InChI is InChI=1S/C23H26N4O4S/c1-5-14(2)19(24-20(28)16-7-6-8-18(13-16)31-4)21(29)25-23-27-26-22(32-23)15-9-11-17(30-3)12-10-15/h6-14,19H,5H2,1-4H3,(H,24,28)(H,25,27,29). The number of anilines is 1. The first-order chi connectivity index (χ1) is 15.4. The fourth-order valence-electron chi connectivity index (χ4n) is 3.00. The van der Waals surface area contributed by atoms with Crippen molar-refractivity contribution in [3.8, 4) is 22.1 Å². The maximum atomic E-state index is 13.0. The van der Waals surface area contributed by atoms with Crippen LogP contribution < -0.4 is 20.1 Å². The highest BCUT2D eigenvalue weighted by Gasteiger charge is 2.27. The first kappa shape index (κ1) is 23.2. The minimum Gasteiger partial charge on any atom is -0.497 e. The van der Waals surface area contributed by atoms with Crippen molar-refractivity contribution in [2.24, 2.45) is 5.92 Å². The Bertz CT molecular complexity index is 1070. The zero-order chi connectivity index (χ0) is 23.1. The third-order valence-electron chi connectivity index (χ3n) is 5.11. The molecule has 0 spiro atoms. The van der Waals surface area contributed by atoms with E-state index in [2.05, 4.69) is 20.8 Å². The Morgan fingerprint density at radius 3 is 2.41 bits per heavy atom. The molecular formula is C23H26N4O4S. The number of nitrogens with zero attached hydrogens (tertiary/aromatic N) is 2. The fraction of sp³-hybridized carbons (Fsp3) is 0.304. The molecule has 0 fully saturated rings. The average molecular weight is 455 g/mol. The van der Waals surface area contributed by atoms with Gasteiger partial charge in [0.05, 0.1) is 14.2 Å². The van der Waals surface area contributed by atoms with Crippen molar-refractivity contribution in [3.63, 3.8) is 0 Å². The molecule has 0 aliphatic heterocycles. The molecule has 0 aliphatic rings. The third kappa shape index (κ3) is 5.61. The van der Waals surface area contributed by atoms with Gasteiger partial charge in [0.1, 0.15) is 22.5 Å². The van der Waals surface area contributed by atoms with E-state index in [1.54, 1.807) is 31.4 Å². The molecule has 2 N–H and O–H groups in total. The quantitative estimate of drug-likeness (QED) is 0.507. The molecule has 32 heavy (non-hydrogen) atoms. The Hall–Kier alpha value is -3.46. The van der Waals surface area contributed by atoms with E-state index in [1.165, 1.54) is 18.4 Å². The molecule has 3 aromatic rings. The van der Waals surface area contributed by atoms with Crippen molar-refractivity contribution in [1.82, 2.24) is 15.5 Å². The van der Waals surface area contributed by atoms with Crippen LogP contribution in [0.4, 0.5) is 5.13 Å². The van der Waals surface area contributed by atoms with E-state index in [9.17, 15) is 9.59 Å². The SMILES string of the molecule is CCC(C)C(NC(=O)c1cccc(OC)c1)C(=O)Nc1nnc(-c2ccc(OC)cc2)s1. The number of amides is 2. The molecule has 3 rings (SSSR count). The summed E-state index contributed by atoms with van der Waals surface area (Å²) in [6.45, 7) is 3.88. The minimum absolute atomic E-state index is 0.0847. The first-order valence-electron chi connectivity index (χ1n) is 10.2. The molecule has 0 saturated carbocycles. The highest BCUT2D eigenvalue weighted by atomic mass is 32.1. The highest BCUT2D eigenvalue weighted by Crippen LogP contribution is 2.28. The molecule has 0 aliphatic carbocycles. The predicted octanol–water partition coefficient (Wildman–Crippen LogP) is 4.01. The Labute approximate surface area is 191 Å². The van der Waals surface area contributed by atoms with Gasteiger partial charge in [-0.2, -0.15) is 0 Å². The van der Waals surface area contributed by atoms with Crippen molar-refractivity contribution in [2.75, 3.05) is 19.5 Å². The number of rotatable bonds is 9. The molecule has 1 heterocycles. The zero-order valence-corrected chi connectivity index (χ0v) is 19.2. The summed E-state index contributed by atoms with van der Waals surface area (Å²) in [4.78, 5) is 25.8. The number of carbonyl (C=O) groups excluding carboxylic acids is 2. The lowest BCUT2D eigenvalue weighted by Gasteiger charge is -2.23. The van der Waals surface area contributed by atoms with E-state index in [4.69, 9.17) is 9.47 Å². The molecule has 0 saturated heterocycles. The molecule has 0 radical (unpaired) electrons. The Kier molecular flexibility index (Phi) is 7.77. The van der Waals surface area contributed by atoms with E-state index < -0.39 is 6.04 Å². The Morgan fingerprint density at radius 2 is 1.75 bits per heavy atom. The van der Waals surface area contributed by atoms with Crippen molar-refractivity contribution < 1.29 is 19.1 Å². The summed E-state index contributed by atoms with van der Waals surface area (Å²) in [5.41, 5.74) is 1.29. The molecule has 168 valence electrons. The first-order valence-corrected chi connectivity index (χ1v) is 11.0. The van der Waals surface area contributed by atoms with E-state index in [1.807, 2.05) is 38.1 Å². The van der Waals surface area contributed by atoms with Gasteiger partial charge in [-0.05, 0) is 48.4 Å². The summed E-state index contributed by atoms with van der Waals surface area (Å²) in [6, 6.07) is 13.5. The van der Waals surface area contributed by atoms with E-state index >= 15 is 0 Å². The van der Waals surface area contributed by atoms with Crippen LogP contribution in [0.15, 0.2) is 48.5 Å². The lowest BCUT2D eigenvalue weighted by Crippen LogP contribution is -2.47. The van der Waals surface area contributed by atoms with Crippen LogP contribution in [0.3, 0.4) is 0 Å². The predicted molar refractivity (Wildman–Crippen MR) is 124 cm³/mol. The van der Waals surface area contributed by atoms with Crippen LogP contribution in [0.25, 0.3) is 10.6 Å². The summed E-state index contributed by atoms with van der Waals surface area (Å²) in [6.07, 6.45) is 0.712. The van der Waals surface area contributed by atoms with Gasteiger partial charge in [-0.3, -0.25) is 14.9 Å². The third-order valence-corrected chi connectivity index (χ3v) is 5.99. The maximum Gasteiger partial charge on any atom is 0.252 e. The largest absolute Gasteiger partial charge is 0.497 e. The summed E-state index contributed by atoms with van der Waals surface area (Å²) in [5.74, 6) is 0.546. The van der Waals surface area contributed by atoms with Gasteiger partial charge < -0.3 is 14.8 Å². The van der Waals surface area contributed by atoms with Crippen molar-refractivity contribution >= 4 is 28.3 Å². The van der Waals surface area contributed by atoms with Gasteiger partial charge in [0.25, 0.3) is 5.91 Å². The molecule has 2 unspecified atom stereocenters. The van der Waals surface area contributed by atoms with Gasteiger partial charge in [0, 0.05) is 11.1 Å². The normalized spacial score (nSPS) is 12.5. The summed E-state index contributed by atoms with van der Waals surface area (Å²) in [7, 11) is 3.14. The molecule has 0 bridgehead atoms. The van der Waals surface area contributed by atoms with Gasteiger partial charge in [0.15, 0.2) is 0 Å². The van der Waals surface area contributed by atoms with Gasteiger partial charge in [-0.15, -0.1) is 10.2 Å². The molecule has 2 atom stereocenters. The van der Waals surface area contributed by atoms with E-state index in [0.717, 1.165) is 11.3 Å². The summed E-state index contributed by atoms with van der Waals surface area (Å²) >= 11 is 1.26. The van der Waals surface area contributed by atoms with Crippen molar-refractivity contribution in [1.29, 1.82) is 0 Å². The van der Waals surface area contributed by atoms with Crippen LogP contribution in [0.5, 0.6) is 11.5 Å². The number of nitrogens with one attached hydrogen (secondary N) is 2. The topological polar surface area (TPSA) is 102 Å². The van der Waals surface area contributed by atoms with E-state index in [0.29, 0.717) is 27.9 Å². The lowest BCUT2D eigenvalue weighted by atomic mass is 9.98. The van der Waals surface area contributed by atoms with Crippen LogP contribution in [0.2, 0.25) is 0 Å². The smallest absolute Gasteiger partial charge is 0.252 e. The second-order valence-electron chi connectivity index (χ2n) is 7.20. The maximum absolute atomic E-state index is 13.0. The Balaban J connectivity index is 1.72. The fourth-order valence-corrected chi connectivity index (χ4v) is 3.75. The van der Waals surface area contributed by atoms with Crippen molar-refractivity contribution in [2.45, 2.75) is 26.3 Å². The lowest BCUT2D eigenvalue weighted by molar-refractivity contribution is -0.119. The van der Waals surface area contributed by atoms with Gasteiger partial charge in [-0.1, -0.05) is 37.7 Å². The zero-order valence-electron chi connectivity index (χ0n) is 18.4. The molecular weight excluding hydrogens is 428 g/mol. The Morgan fingerprint density at radius 1 is 1.03 bits per heavy atom. The number of aromatic nitrogens is 2. The second kappa shape index (κ2) is 10.7. The van der Waals surface area contributed by atoms with Crippen LogP contribution in [-0.4, -0.2) is 42.3 Å². The second-order valence-corrected chi connectivity index (χ2v) is 8.18. The van der Waals surface area contributed by atoms with Crippen LogP contribution in [0, 0.1) is 5.92 Å². The summed E-state index contributed by atoms with van der Waals surface area (Å²) < 4.78 is 10.3. The molecule has 8 nitrogen and oxygen atoms in total. The molecule has 1 aromatic heterocycles. The van der Waals surface area contributed by atoms with Crippen LogP contribution in [-0.2, 0) is 4.79 Å². The van der Waals surface area contributed by atoms with Crippen LogP contribution in [0.1, 0.15) is 30.6 Å². The summed E-state index contributed by atoms with van der Waals surface area (Å²) in [5, 5.41) is 14.9. The van der Waals surface area contributed by atoms with E-state index in [-0.39, 0.29) is 17.7 Å². The monoisotopic (exact) mass is 454 g/mol. The average Bonchev–Trinajstić information content (AvgIpc) is 3.30. The van der Waals surface area contributed by atoms with Gasteiger partial charge in [0.2, 0.25) is 11.0 Å². The molecule has 2 aromatic carbocycles. The minimum atomic E-state index is -0.730. The van der Waals surface area contributed by atoms with Gasteiger partial charge in [-0.25, -0.2) is 0 Å².